The van der Waals surface area contributed by atoms with Crippen molar-refractivity contribution in [3.63, 3.8) is 0 Å². The van der Waals surface area contributed by atoms with Gasteiger partial charge < -0.3 is 11.1 Å². The molecule has 0 saturated heterocycles. The summed E-state index contributed by atoms with van der Waals surface area (Å²) in [6, 6.07) is 3.65. The fourth-order valence-corrected chi connectivity index (χ4v) is 1.45. The van der Waals surface area contributed by atoms with E-state index in [1.807, 2.05) is 12.1 Å². The van der Waals surface area contributed by atoms with Crippen LogP contribution < -0.4 is 11.1 Å². The first-order chi connectivity index (χ1) is 7.28. The zero-order chi connectivity index (χ0) is 10.7. The number of nitrogens with one attached hydrogen (secondary N) is 1. The molecule has 0 atom stereocenters. The number of amides is 1. The van der Waals surface area contributed by atoms with Crippen LogP contribution in [-0.2, 0) is 11.3 Å². The summed E-state index contributed by atoms with van der Waals surface area (Å²) in [7, 11) is 0. The molecule has 1 amide bonds. The molecule has 3 N–H and O–H groups in total. The van der Waals surface area contributed by atoms with Crippen molar-refractivity contribution in [2.75, 3.05) is 5.32 Å². The number of hydrogen-bond acceptors (Lipinski definition) is 3. The summed E-state index contributed by atoms with van der Waals surface area (Å²) in [5.41, 5.74) is 6.48. The molecule has 1 aliphatic rings. The van der Waals surface area contributed by atoms with E-state index in [2.05, 4.69) is 10.3 Å². The minimum Gasteiger partial charge on any atom is -0.326 e. The maximum Gasteiger partial charge on any atom is 0.225 e. The molecule has 1 heterocycles. The molecule has 4 nitrogen and oxygen atoms in total. The maximum absolute atomic E-state index is 11.5. The van der Waals surface area contributed by atoms with Gasteiger partial charge in [0, 0.05) is 19.2 Å². The van der Waals surface area contributed by atoms with Gasteiger partial charge in [0.05, 0.1) is 0 Å². The minimum atomic E-state index is 0.0548. The van der Waals surface area contributed by atoms with Crippen LogP contribution in [0.15, 0.2) is 18.3 Å². The van der Waals surface area contributed by atoms with E-state index >= 15 is 0 Å². The smallest absolute Gasteiger partial charge is 0.225 e. The molecule has 80 valence electrons. The Morgan fingerprint density at radius 2 is 2.40 bits per heavy atom. The van der Waals surface area contributed by atoms with E-state index in [0.29, 0.717) is 24.7 Å². The van der Waals surface area contributed by atoms with Crippen LogP contribution in [-0.4, -0.2) is 10.9 Å². The van der Waals surface area contributed by atoms with Crippen molar-refractivity contribution < 1.29 is 4.79 Å². The van der Waals surface area contributed by atoms with Crippen LogP contribution in [0.3, 0.4) is 0 Å². The molecule has 0 unspecified atom stereocenters. The Kier molecular flexibility index (Phi) is 2.97. The Labute approximate surface area is 88.9 Å². The van der Waals surface area contributed by atoms with Crippen LogP contribution in [0.2, 0.25) is 0 Å². The zero-order valence-corrected chi connectivity index (χ0v) is 8.57. The zero-order valence-electron chi connectivity index (χ0n) is 8.57. The third-order valence-electron chi connectivity index (χ3n) is 2.50. The van der Waals surface area contributed by atoms with Gasteiger partial charge in [-0.1, -0.05) is 0 Å². The van der Waals surface area contributed by atoms with E-state index in [1.165, 1.54) is 12.8 Å². The second-order valence-corrected chi connectivity index (χ2v) is 3.95. The van der Waals surface area contributed by atoms with Crippen LogP contribution in [0.4, 0.5) is 5.82 Å². The lowest BCUT2D eigenvalue weighted by molar-refractivity contribution is -0.116. The van der Waals surface area contributed by atoms with Gasteiger partial charge in [-0.15, -0.1) is 0 Å². The van der Waals surface area contributed by atoms with Gasteiger partial charge in [0.2, 0.25) is 5.91 Å². The lowest BCUT2D eigenvalue weighted by Gasteiger charge is -2.04. The van der Waals surface area contributed by atoms with Crippen molar-refractivity contribution in [2.45, 2.75) is 25.8 Å². The van der Waals surface area contributed by atoms with Crippen molar-refractivity contribution in [1.82, 2.24) is 4.98 Å². The molecular formula is C11H15N3O. The van der Waals surface area contributed by atoms with Gasteiger partial charge in [0.25, 0.3) is 0 Å². The molecule has 0 bridgehead atoms. The van der Waals surface area contributed by atoms with Crippen molar-refractivity contribution in [3.05, 3.63) is 23.9 Å². The van der Waals surface area contributed by atoms with Crippen LogP contribution in [0.1, 0.15) is 24.8 Å². The molecule has 2 rings (SSSR count). The molecular weight excluding hydrogens is 190 g/mol. The molecule has 1 aromatic rings. The van der Waals surface area contributed by atoms with Crippen molar-refractivity contribution >= 4 is 11.7 Å². The van der Waals surface area contributed by atoms with Gasteiger partial charge in [-0.2, -0.15) is 0 Å². The Morgan fingerprint density at radius 3 is 3.07 bits per heavy atom. The lowest BCUT2D eigenvalue weighted by atomic mass is 10.2. The molecule has 4 heteroatoms. The van der Waals surface area contributed by atoms with Gasteiger partial charge in [-0.25, -0.2) is 4.98 Å². The van der Waals surface area contributed by atoms with Gasteiger partial charge in [-0.05, 0) is 36.5 Å². The monoisotopic (exact) mass is 205 g/mol. The van der Waals surface area contributed by atoms with Crippen LogP contribution in [0.25, 0.3) is 0 Å². The number of nitrogens with two attached hydrogens (primary N) is 1. The molecule has 1 aromatic heterocycles. The third kappa shape index (κ3) is 3.02. The summed E-state index contributed by atoms with van der Waals surface area (Å²) < 4.78 is 0. The fourth-order valence-electron chi connectivity index (χ4n) is 1.45. The van der Waals surface area contributed by atoms with Crippen LogP contribution in [0, 0.1) is 5.92 Å². The first-order valence-corrected chi connectivity index (χ1v) is 5.23. The van der Waals surface area contributed by atoms with Crippen molar-refractivity contribution in [2.24, 2.45) is 11.7 Å². The van der Waals surface area contributed by atoms with Crippen molar-refractivity contribution in [1.29, 1.82) is 0 Å². The van der Waals surface area contributed by atoms with E-state index in [4.69, 9.17) is 5.73 Å². The SMILES string of the molecule is NCc1ccnc(NC(=O)CC2CC2)c1. The highest BCUT2D eigenvalue weighted by atomic mass is 16.1. The summed E-state index contributed by atoms with van der Waals surface area (Å²) >= 11 is 0. The van der Waals surface area contributed by atoms with E-state index in [0.717, 1.165) is 5.56 Å². The number of rotatable bonds is 4. The number of nitrogens with zero attached hydrogens (tertiary/aromatic N) is 1. The lowest BCUT2D eigenvalue weighted by Crippen LogP contribution is -2.13. The summed E-state index contributed by atoms with van der Waals surface area (Å²) in [6.07, 6.45) is 4.65. The summed E-state index contributed by atoms with van der Waals surface area (Å²) in [4.78, 5) is 15.5. The van der Waals surface area contributed by atoms with E-state index < -0.39 is 0 Å². The maximum atomic E-state index is 11.5. The van der Waals surface area contributed by atoms with E-state index in [-0.39, 0.29) is 5.91 Å². The molecule has 0 aliphatic heterocycles. The molecule has 1 aliphatic carbocycles. The number of carbonyl (C=O) groups excluding carboxylic acids is 1. The molecule has 0 aromatic carbocycles. The van der Waals surface area contributed by atoms with E-state index in [9.17, 15) is 4.79 Å². The van der Waals surface area contributed by atoms with Crippen LogP contribution >= 0.6 is 0 Å². The summed E-state index contributed by atoms with van der Waals surface area (Å²) in [5, 5.41) is 2.78. The minimum absolute atomic E-state index is 0.0548. The predicted octanol–water partition coefficient (Wildman–Crippen LogP) is 1.28. The molecule has 0 spiro atoms. The van der Waals surface area contributed by atoms with E-state index in [1.54, 1.807) is 6.20 Å². The summed E-state index contributed by atoms with van der Waals surface area (Å²) in [5.74, 6) is 1.26. The van der Waals surface area contributed by atoms with Crippen molar-refractivity contribution in [3.8, 4) is 0 Å². The highest BCUT2D eigenvalue weighted by Crippen LogP contribution is 2.32. The van der Waals surface area contributed by atoms with Gasteiger partial charge in [0.15, 0.2) is 0 Å². The Bertz CT molecular complexity index is 361. The van der Waals surface area contributed by atoms with Gasteiger partial charge in [-0.3, -0.25) is 4.79 Å². The number of pyridine rings is 1. The number of aromatic nitrogens is 1. The second-order valence-electron chi connectivity index (χ2n) is 3.95. The Hall–Kier alpha value is -1.42. The van der Waals surface area contributed by atoms with Crippen LogP contribution in [0.5, 0.6) is 0 Å². The topological polar surface area (TPSA) is 68.0 Å². The average molecular weight is 205 g/mol. The fraction of sp³-hybridized carbons (Fsp3) is 0.455. The molecule has 1 fully saturated rings. The molecule has 1 saturated carbocycles. The highest BCUT2D eigenvalue weighted by molar-refractivity contribution is 5.90. The second kappa shape index (κ2) is 4.40. The first kappa shape index (κ1) is 10.1. The largest absolute Gasteiger partial charge is 0.326 e. The highest BCUT2D eigenvalue weighted by Gasteiger charge is 2.24. The van der Waals surface area contributed by atoms with Gasteiger partial charge in [0.1, 0.15) is 5.82 Å². The number of hydrogen-bond donors (Lipinski definition) is 2. The first-order valence-electron chi connectivity index (χ1n) is 5.23. The van der Waals surface area contributed by atoms with Gasteiger partial charge >= 0.3 is 0 Å². The average Bonchev–Trinajstić information content (AvgIpc) is 3.02. The molecule has 15 heavy (non-hydrogen) atoms. The Balaban J connectivity index is 1.93. The number of carbonyl (C=O) groups is 1. The normalized spacial score (nSPS) is 15.0. The Morgan fingerprint density at radius 1 is 1.60 bits per heavy atom. The molecule has 0 radical (unpaired) electrons. The quantitative estimate of drug-likeness (QED) is 0.778. The number of anilines is 1. The standard InChI is InChI=1S/C11H15N3O/c12-7-9-3-4-13-10(5-9)14-11(15)6-8-1-2-8/h3-5,8H,1-2,6-7,12H2,(H,13,14,15). The third-order valence-corrected chi connectivity index (χ3v) is 2.50. The summed E-state index contributed by atoms with van der Waals surface area (Å²) in [6.45, 7) is 0.466. The predicted molar refractivity (Wildman–Crippen MR) is 58.1 cm³/mol.